The molecule has 0 saturated heterocycles. The van der Waals surface area contributed by atoms with Crippen molar-refractivity contribution in [3.8, 4) is 28.0 Å². The van der Waals surface area contributed by atoms with Crippen LogP contribution in [0.15, 0.2) is 79.1 Å². The molecular formula is C23H18NO3+. The van der Waals surface area contributed by atoms with Gasteiger partial charge >= 0.3 is 0 Å². The molecule has 1 N–H and O–H groups in total. The average molecular weight is 356 g/mol. The SMILES string of the molecule is COc1ccc(-c2cccc3cccc(-c4cc[n+](O)cc4)c23)cc1C=O. The van der Waals surface area contributed by atoms with Crippen molar-refractivity contribution in [1.29, 1.82) is 0 Å². The first-order valence-corrected chi connectivity index (χ1v) is 8.57. The number of methoxy groups -OCH3 is 1. The van der Waals surface area contributed by atoms with E-state index >= 15 is 0 Å². The van der Waals surface area contributed by atoms with Crippen LogP contribution >= 0.6 is 0 Å². The van der Waals surface area contributed by atoms with E-state index < -0.39 is 0 Å². The average Bonchev–Trinajstić information content (AvgIpc) is 2.73. The van der Waals surface area contributed by atoms with E-state index in [1.165, 1.54) is 0 Å². The van der Waals surface area contributed by atoms with E-state index in [9.17, 15) is 10.0 Å². The van der Waals surface area contributed by atoms with Crippen molar-refractivity contribution in [3.63, 3.8) is 0 Å². The van der Waals surface area contributed by atoms with Gasteiger partial charge in [-0.15, -0.1) is 0 Å². The molecule has 4 rings (SSSR count). The molecule has 4 heteroatoms. The highest BCUT2D eigenvalue weighted by Gasteiger charge is 2.13. The molecule has 0 unspecified atom stereocenters. The maximum Gasteiger partial charge on any atom is 0.222 e. The molecule has 0 saturated carbocycles. The molecule has 0 aliphatic heterocycles. The summed E-state index contributed by atoms with van der Waals surface area (Å²) in [6.07, 6.45) is 4.02. The highest BCUT2D eigenvalue weighted by Crippen LogP contribution is 2.37. The number of carbonyl (C=O) groups is 1. The van der Waals surface area contributed by atoms with E-state index in [-0.39, 0.29) is 0 Å². The summed E-state index contributed by atoms with van der Waals surface area (Å²) in [5.74, 6) is 0.560. The highest BCUT2D eigenvalue weighted by molar-refractivity contribution is 6.06. The smallest absolute Gasteiger partial charge is 0.222 e. The fraction of sp³-hybridized carbons (Fsp3) is 0.0435. The number of nitrogens with zero attached hydrogens (tertiary/aromatic N) is 1. The van der Waals surface area contributed by atoms with Gasteiger partial charge in [0.15, 0.2) is 6.29 Å². The summed E-state index contributed by atoms with van der Waals surface area (Å²) in [6, 6.07) is 21.7. The van der Waals surface area contributed by atoms with Crippen molar-refractivity contribution in [1.82, 2.24) is 0 Å². The monoisotopic (exact) mass is 356 g/mol. The molecule has 4 nitrogen and oxygen atoms in total. The van der Waals surface area contributed by atoms with E-state index in [0.29, 0.717) is 11.3 Å². The number of ether oxygens (including phenoxy) is 1. The van der Waals surface area contributed by atoms with Gasteiger partial charge in [0.25, 0.3) is 0 Å². The molecule has 27 heavy (non-hydrogen) atoms. The Kier molecular flexibility index (Phi) is 4.30. The highest BCUT2D eigenvalue weighted by atomic mass is 16.5. The van der Waals surface area contributed by atoms with E-state index in [1.807, 2.05) is 42.5 Å². The second-order valence-electron chi connectivity index (χ2n) is 6.25. The zero-order chi connectivity index (χ0) is 18.8. The van der Waals surface area contributed by atoms with Crippen molar-refractivity contribution in [2.24, 2.45) is 0 Å². The maximum absolute atomic E-state index is 11.4. The summed E-state index contributed by atoms with van der Waals surface area (Å²) in [4.78, 5) is 11.4. The number of benzene rings is 3. The Morgan fingerprint density at radius 3 is 2.19 bits per heavy atom. The number of aldehydes is 1. The normalized spacial score (nSPS) is 10.7. The molecule has 0 radical (unpaired) electrons. The lowest BCUT2D eigenvalue weighted by Crippen LogP contribution is -2.27. The minimum atomic E-state index is 0.519. The molecule has 0 amide bonds. The number of hydrogen-bond donors (Lipinski definition) is 1. The Morgan fingerprint density at radius 2 is 1.56 bits per heavy atom. The van der Waals surface area contributed by atoms with Crippen LogP contribution in [0, 0.1) is 0 Å². The summed E-state index contributed by atoms with van der Waals surface area (Å²) < 4.78 is 6.28. The van der Waals surface area contributed by atoms with Crippen LogP contribution in [0.5, 0.6) is 5.75 Å². The molecule has 0 spiro atoms. The van der Waals surface area contributed by atoms with Gasteiger partial charge in [0.1, 0.15) is 5.75 Å². The molecule has 0 bridgehead atoms. The summed E-state index contributed by atoms with van der Waals surface area (Å²) in [5.41, 5.74) is 4.57. The third-order valence-electron chi connectivity index (χ3n) is 4.70. The number of pyridine rings is 1. The molecule has 0 atom stereocenters. The molecule has 3 aromatic carbocycles. The van der Waals surface area contributed by atoms with Gasteiger partial charge in [-0.1, -0.05) is 42.5 Å². The van der Waals surface area contributed by atoms with Crippen molar-refractivity contribution in [2.45, 2.75) is 0 Å². The van der Waals surface area contributed by atoms with Crippen LogP contribution < -0.4 is 9.47 Å². The zero-order valence-electron chi connectivity index (χ0n) is 14.8. The van der Waals surface area contributed by atoms with Gasteiger partial charge < -0.3 is 4.74 Å². The van der Waals surface area contributed by atoms with Crippen LogP contribution in [0.2, 0.25) is 0 Å². The summed E-state index contributed by atoms with van der Waals surface area (Å²) >= 11 is 0. The van der Waals surface area contributed by atoms with Gasteiger partial charge in [0, 0.05) is 16.9 Å². The van der Waals surface area contributed by atoms with Crippen LogP contribution in [0.3, 0.4) is 0 Å². The summed E-state index contributed by atoms with van der Waals surface area (Å²) in [5, 5.41) is 11.7. The first-order valence-electron chi connectivity index (χ1n) is 8.57. The van der Waals surface area contributed by atoms with E-state index in [2.05, 4.69) is 24.3 Å². The van der Waals surface area contributed by atoms with E-state index in [1.54, 1.807) is 19.5 Å². The molecular weight excluding hydrogens is 338 g/mol. The van der Waals surface area contributed by atoms with Gasteiger partial charge in [0.2, 0.25) is 12.4 Å². The molecule has 0 aliphatic carbocycles. The van der Waals surface area contributed by atoms with Crippen LogP contribution in [-0.4, -0.2) is 18.6 Å². The first-order chi connectivity index (χ1) is 13.2. The number of hydrogen-bond acceptors (Lipinski definition) is 3. The molecule has 1 heterocycles. The minimum Gasteiger partial charge on any atom is -0.496 e. The predicted octanol–water partition coefficient (Wildman–Crippen LogP) is 4.52. The van der Waals surface area contributed by atoms with E-state index in [4.69, 9.17) is 4.74 Å². The van der Waals surface area contributed by atoms with Crippen molar-refractivity contribution >= 4 is 17.1 Å². The zero-order valence-corrected chi connectivity index (χ0v) is 14.8. The quantitative estimate of drug-likeness (QED) is 0.332. The molecule has 132 valence electrons. The fourth-order valence-corrected chi connectivity index (χ4v) is 3.41. The fourth-order valence-electron chi connectivity index (χ4n) is 3.41. The lowest BCUT2D eigenvalue weighted by atomic mass is 9.91. The van der Waals surface area contributed by atoms with Crippen molar-refractivity contribution in [3.05, 3.63) is 84.7 Å². The van der Waals surface area contributed by atoms with Crippen LogP contribution in [0.25, 0.3) is 33.0 Å². The lowest BCUT2D eigenvalue weighted by Gasteiger charge is -2.13. The lowest BCUT2D eigenvalue weighted by molar-refractivity contribution is -0.904. The Hall–Kier alpha value is -3.66. The standard InChI is InChI=1S/C23H18NO3/c1-27-22-9-8-18(14-19(22)15-25)21-7-3-5-17-4-2-6-20(23(17)21)16-10-12-24(26)13-11-16/h2-15,26H,1H3/q+1. The number of aromatic nitrogens is 1. The van der Waals surface area contributed by atoms with Gasteiger partial charge in [0.05, 0.1) is 12.7 Å². The van der Waals surface area contributed by atoms with Gasteiger partial charge in [-0.2, -0.15) is 0 Å². The molecule has 0 fully saturated rings. The third kappa shape index (κ3) is 3.02. The first kappa shape index (κ1) is 16.8. The predicted molar refractivity (Wildman–Crippen MR) is 104 cm³/mol. The van der Waals surface area contributed by atoms with Crippen LogP contribution in [0.4, 0.5) is 0 Å². The Bertz CT molecular complexity index is 1130. The Morgan fingerprint density at radius 1 is 0.889 bits per heavy atom. The Balaban J connectivity index is 1.99. The second kappa shape index (κ2) is 6.92. The van der Waals surface area contributed by atoms with Gasteiger partial charge in [-0.25, -0.2) is 0 Å². The number of carbonyl (C=O) groups excluding carboxylic acids is 1. The topological polar surface area (TPSA) is 50.4 Å². The van der Waals surface area contributed by atoms with E-state index in [0.717, 1.165) is 44.0 Å². The maximum atomic E-state index is 11.4. The Labute approximate surface area is 156 Å². The van der Waals surface area contributed by atoms with Crippen LogP contribution in [-0.2, 0) is 0 Å². The second-order valence-corrected chi connectivity index (χ2v) is 6.25. The third-order valence-corrected chi connectivity index (χ3v) is 4.70. The summed E-state index contributed by atoms with van der Waals surface area (Å²) in [7, 11) is 1.56. The summed E-state index contributed by atoms with van der Waals surface area (Å²) in [6.45, 7) is 0. The largest absolute Gasteiger partial charge is 0.496 e. The van der Waals surface area contributed by atoms with Crippen molar-refractivity contribution < 1.29 is 19.5 Å². The van der Waals surface area contributed by atoms with Gasteiger partial charge in [-0.3, -0.25) is 10.0 Å². The van der Waals surface area contributed by atoms with Crippen molar-refractivity contribution in [2.75, 3.05) is 7.11 Å². The minimum absolute atomic E-state index is 0.519. The number of fused-ring (bicyclic) bond motifs is 1. The van der Waals surface area contributed by atoms with Crippen LogP contribution in [0.1, 0.15) is 10.4 Å². The molecule has 4 aromatic rings. The molecule has 1 aromatic heterocycles. The number of rotatable bonds is 4. The van der Waals surface area contributed by atoms with Gasteiger partial charge in [-0.05, 0) is 45.2 Å². The molecule has 0 aliphatic rings.